The Labute approximate surface area is 141 Å². The summed E-state index contributed by atoms with van der Waals surface area (Å²) in [6.45, 7) is 3.52. The molecule has 2 heterocycles. The minimum Gasteiger partial charge on any atom is -0.338 e. The number of benzene rings is 1. The highest BCUT2D eigenvalue weighted by Gasteiger charge is 2.37. The number of nitrogens with one attached hydrogen (secondary N) is 1. The fraction of sp³-hybridized carbons (Fsp3) is 0.562. The van der Waals surface area contributed by atoms with E-state index in [1.165, 1.54) is 25.0 Å². The highest BCUT2D eigenvalue weighted by Crippen LogP contribution is 2.40. The summed E-state index contributed by atoms with van der Waals surface area (Å²) < 4.78 is 13.9. The summed E-state index contributed by atoms with van der Waals surface area (Å²) in [7, 11) is 0. The van der Waals surface area contributed by atoms with Gasteiger partial charge in [-0.15, -0.1) is 12.4 Å². The van der Waals surface area contributed by atoms with E-state index in [4.69, 9.17) is 11.6 Å². The zero-order valence-electron chi connectivity index (χ0n) is 12.4. The maximum Gasteiger partial charge on any atom is 0.258 e. The Hall–Kier alpha value is -0.840. The van der Waals surface area contributed by atoms with Gasteiger partial charge in [0.15, 0.2) is 0 Å². The average molecular weight is 347 g/mol. The quantitative estimate of drug-likeness (QED) is 0.843. The molecule has 1 aromatic rings. The van der Waals surface area contributed by atoms with Gasteiger partial charge in [0, 0.05) is 13.1 Å². The summed E-state index contributed by atoms with van der Waals surface area (Å²) in [4.78, 5) is 14.2. The van der Waals surface area contributed by atoms with Crippen LogP contribution in [0.4, 0.5) is 4.39 Å². The summed E-state index contributed by atoms with van der Waals surface area (Å²) in [5.74, 6) is -0.809. The molecule has 0 radical (unpaired) electrons. The molecule has 1 aromatic carbocycles. The van der Waals surface area contributed by atoms with Gasteiger partial charge in [-0.3, -0.25) is 4.79 Å². The number of likely N-dealkylation sites (tertiary alicyclic amines) is 1. The van der Waals surface area contributed by atoms with Crippen molar-refractivity contribution in [1.29, 1.82) is 0 Å². The van der Waals surface area contributed by atoms with E-state index in [2.05, 4.69) is 5.32 Å². The monoisotopic (exact) mass is 346 g/mol. The molecule has 0 saturated carbocycles. The number of carbonyl (C=O) groups is 1. The van der Waals surface area contributed by atoms with Crippen LogP contribution in [-0.2, 0) is 0 Å². The van der Waals surface area contributed by atoms with Gasteiger partial charge in [-0.2, -0.15) is 0 Å². The molecule has 0 bridgehead atoms. The first-order valence-electron chi connectivity index (χ1n) is 7.55. The van der Waals surface area contributed by atoms with Gasteiger partial charge in [0.2, 0.25) is 0 Å². The first kappa shape index (κ1) is 17.5. The van der Waals surface area contributed by atoms with Gasteiger partial charge in [0.25, 0.3) is 5.91 Å². The SMILES string of the molecule is Cl.O=C(c1c(F)cccc1Cl)N1CCC2(CCNCC2)CC1. The molecule has 2 aliphatic rings. The molecule has 1 amide bonds. The minimum atomic E-state index is -0.533. The van der Waals surface area contributed by atoms with E-state index < -0.39 is 5.82 Å². The highest BCUT2D eigenvalue weighted by atomic mass is 35.5. The lowest BCUT2D eigenvalue weighted by atomic mass is 9.71. The van der Waals surface area contributed by atoms with Crippen LogP contribution in [0, 0.1) is 11.2 Å². The Balaban J connectivity index is 0.00000176. The summed E-state index contributed by atoms with van der Waals surface area (Å²) in [6, 6.07) is 4.38. The third-order valence-electron chi connectivity index (χ3n) is 4.95. The zero-order chi connectivity index (χ0) is 14.9. The van der Waals surface area contributed by atoms with Gasteiger partial charge in [-0.25, -0.2) is 4.39 Å². The van der Waals surface area contributed by atoms with Gasteiger partial charge in [-0.1, -0.05) is 17.7 Å². The van der Waals surface area contributed by atoms with E-state index in [-0.39, 0.29) is 28.9 Å². The third kappa shape index (κ3) is 3.39. The van der Waals surface area contributed by atoms with Crippen LogP contribution < -0.4 is 5.32 Å². The molecule has 0 aliphatic carbocycles. The fourth-order valence-electron chi connectivity index (χ4n) is 3.50. The standard InChI is InChI=1S/C16H20ClFN2O.ClH/c17-12-2-1-3-13(18)14(12)15(21)20-10-6-16(7-11-20)4-8-19-9-5-16;/h1-3,19H,4-11H2;1H. The summed E-state index contributed by atoms with van der Waals surface area (Å²) in [5, 5.41) is 3.58. The van der Waals surface area contributed by atoms with Crippen molar-refractivity contribution in [2.45, 2.75) is 25.7 Å². The third-order valence-corrected chi connectivity index (χ3v) is 5.27. The maximum atomic E-state index is 13.9. The molecule has 3 nitrogen and oxygen atoms in total. The second-order valence-corrected chi connectivity index (χ2v) is 6.55. The molecule has 2 fully saturated rings. The van der Waals surface area contributed by atoms with Crippen molar-refractivity contribution in [3.05, 3.63) is 34.6 Å². The fourth-order valence-corrected chi connectivity index (χ4v) is 3.75. The minimum absolute atomic E-state index is 0. The number of rotatable bonds is 1. The molecular weight excluding hydrogens is 326 g/mol. The van der Waals surface area contributed by atoms with Crippen molar-refractivity contribution in [3.63, 3.8) is 0 Å². The molecule has 0 unspecified atom stereocenters. The lowest BCUT2D eigenvalue weighted by Gasteiger charge is -2.44. The van der Waals surface area contributed by atoms with Crippen molar-refractivity contribution < 1.29 is 9.18 Å². The average Bonchev–Trinajstić information content (AvgIpc) is 2.48. The van der Waals surface area contributed by atoms with Crippen molar-refractivity contribution in [1.82, 2.24) is 10.2 Å². The summed E-state index contributed by atoms with van der Waals surface area (Å²) in [6.07, 6.45) is 4.37. The second-order valence-electron chi connectivity index (χ2n) is 6.14. The predicted molar refractivity (Wildman–Crippen MR) is 88.3 cm³/mol. The van der Waals surface area contributed by atoms with E-state index in [0.717, 1.165) is 25.9 Å². The number of amides is 1. The van der Waals surface area contributed by atoms with Gasteiger partial charge in [0.05, 0.1) is 10.6 Å². The van der Waals surface area contributed by atoms with Gasteiger partial charge < -0.3 is 10.2 Å². The van der Waals surface area contributed by atoms with Crippen molar-refractivity contribution in [2.24, 2.45) is 5.41 Å². The molecule has 0 atom stereocenters. The van der Waals surface area contributed by atoms with Gasteiger partial charge >= 0.3 is 0 Å². The van der Waals surface area contributed by atoms with Crippen LogP contribution in [0.25, 0.3) is 0 Å². The molecule has 0 aromatic heterocycles. The molecule has 6 heteroatoms. The maximum absolute atomic E-state index is 13.9. The number of piperidine rings is 2. The first-order chi connectivity index (χ1) is 10.1. The molecule has 1 spiro atoms. The molecule has 2 saturated heterocycles. The van der Waals surface area contributed by atoms with Crippen LogP contribution in [0.2, 0.25) is 5.02 Å². The lowest BCUT2D eigenvalue weighted by Crippen LogP contribution is -2.47. The topological polar surface area (TPSA) is 32.3 Å². The highest BCUT2D eigenvalue weighted by molar-refractivity contribution is 6.33. The van der Waals surface area contributed by atoms with E-state index in [1.54, 1.807) is 11.0 Å². The van der Waals surface area contributed by atoms with Crippen molar-refractivity contribution >= 4 is 29.9 Å². The summed E-state index contributed by atoms with van der Waals surface area (Å²) in [5.41, 5.74) is 0.390. The molecule has 2 aliphatic heterocycles. The van der Waals surface area contributed by atoms with Crippen LogP contribution in [-0.4, -0.2) is 37.0 Å². The Morgan fingerprint density at radius 2 is 1.82 bits per heavy atom. The molecule has 3 rings (SSSR count). The van der Waals surface area contributed by atoms with E-state index >= 15 is 0 Å². The first-order valence-corrected chi connectivity index (χ1v) is 7.93. The van der Waals surface area contributed by atoms with Crippen LogP contribution in [0.3, 0.4) is 0 Å². The normalized spacial score (nSPS) is 20.5. The molecule has 1 N–H and O–H groups in total. The molecule has 22 heavy (non-hydrogen) atoms. The predicted octanol–water partition coefficient (Wildman–Crippen LogP) is 3.51. The van der Waals surface area contributed by atoms with E-state index in [1.807, 2.05) is 0 Å². The number of hydrogen-bond donors (Lipinski definition) is 1. The Bertz CT molecular complexity index is 517. The molecule has 122 valence electrons. The Morgan fingerprint density at radius 1 is 1.18 bits per heavy atom. The van der Waals surface area contributed by atoms with Gasteiger partial charge in [0.1, 0.15) is 5.82 Å². The molecular formula is C16H21Cl2FN2O. The summed E-state index contributed by atoms with van der Waals surface area (Å²) >= 11 is 5.99. The number of halogens is 3. The van der Waals surface area contributed by atoms with Crippen molar-refractivity contribution in [2.75, 3.05) is 26.2 Å². The number of carbonyl (C=O) groups excluding carboxylic acids is 1. The van der Waals surface area contributed by atoms with Crippen LogP contribution in [0.15, 0.2) is 18.2 Å². The van der Waals surface area contributed by atoms with Crippen LogP contribution >= 0.6 is 24.0 Å². The Morgan fingerprint density at radius 3 is 2.41 bits per heavy atom. The van der Waals surface area contributed by atoms with E-state index in [0.29, 0.717) is 18.5 Å². The van der Waals surface area contributed by atoms with E-state index in [9.17, 15) is 9.18 Å². The largest absolute Gasteiger partial charge is 0.338 e. The smallest absolute Gasteiger partial charge is 0.258 e. The van der Waals surface area contributed by atoms with Crippen LogP contribution in [0.1, 0.15) is 36.0 Å². The van der Waals surface area contributed by atoms with Crippen molar-refractivity contribution in [3.8, 4) is 0 Å². The Kier molecular flexibility index (Phi) is 5.70. The van der Waals surface area contributed by atoms with Crippen LogP contribution in [0.5, 0.6) is 0 Å². The van der Waals surface area contributed by atoms with Gasteiger partial charge in [-0.05, 0) is 56.3 Å². The number of nitrogens with zero attached hydrogens (tertiary/aromatic N) is 1. The lowest BCUT2D eigenvalue weighted by molar-refractivity contribution is 0.0492. The second kappa shape index (κ2) is 7.16. The zero-order valence-corrected chi connectivity index (χ0v) is 14.0. The number of hydrogen-bond acceptors (Lipinski definition) is 2.